The van der Waals surface area contributed by atoms with Crippen molar-refractivity contribution < 1.29 is 9.47 Å². The van der Waals surface area contributed by atoms with Crippen LogP contribution < -0.4 is 20.5 Å². The number of anilines is 3. The molecule has 2 rings (SSSR count). The van der Waals surface area contributed by atoms with Crippen molar-refractivity contribution in [3.8, 4) is 11.5 Å². The Labute approximate surface area is 104 Å². The second-order valence-electron chi connectivity index (χ2n) is 3.36. The number of hydrogen-bond acceptors (Lipinski definition) is 7. The highest BCUT2D eigenvalue weighted by atomic mass is 16.5. The molecule has 18 heavy (non-hydrogen) atoms. The van der Waals surface area contributed by atoms with Gasteiger partial charge in [0.1, 0.15) is 17.8 Å². The Morgan fingerprint density at radius 3 is 2.67 bits per heavy atom. The minimum Gasteiger partial charge on any atom is -0.497 e. The van der Waals surface area contributed by atoms with Crippen LogP contribution in [0.3, 0.4) is 0 Å². The normalized spacial score (nSPS) is 9.89. The third kappa shape index (κ3) is 2.57. The van der Waals surface area contributed by atoms with Crippen molar-refractivity contribution in [1.29, 1.82) is 0 Å². The molecule has 0 amide bonds. The van der Waals surface area contributed by atoms with Gasteiger partial charge in [-0.05, 0) is 12.1 Å². The number of nitrogens with one attached hydrogen (secondary N) is 1. The summed E-state index contributed by atoms with van der Waals surface area (Å²) in [7, 11) is 3.16. The number of aromatic nitrogens is 3. The Kier molecular flexibility index (Phi) is 3.42. The fraction of sp³-hybridized carbons (Fsp3) is 0.182. The summed E-state index contributed by atoms with van der Waals surface area (Å²) in [5.41, 5.74) is 6.19. The Balaban J connectivity index is 2.28. The van der Waals surface area contributed by atoms with Crippen LogP contribution in [0.15, 0.2) is 24.5 Å². The van der Waals surface area contributed by atoms with E-state index in [9.17, 15) is 0 Å². The lowest BCUT2D eigenvalue weighted by Crippen LogP contribution is -2.03. The molecule has 0 aliphatic heterocycles. The highest BCUT2D eigenvalue weighted by molar-refractivity contribution is 5.64. The zero-order chi connectivity index (χ0) is 13.0. The topological polar surface area (TPSA) is 95.2 Å². The summed E-state index contributed by atoms with van der Waals surface area (Å²) in [5, 5.41) is 2.99. The molecule has 2 aromatic rings. The molecule has 0 atom stereocenters. The van der Waals surface area contributed by atoms with Crippen LogP contribution in [0.25, 0.3) is 0 Å². The van der Waals surface area contributed by atoms with Gasteiger partial charge in [0.05, 0.1) is 19.9 Å². The van der Waals surface area contributed by atoms with Crippen LogP contribution in [-0.2, 0) is 0 Å². The largest absolute Gasteiger partial charge is 0.497 e. The summed E-state index contributed by atoms with van der Waals surface area (Å²) in [5.74, 6) is 1.83. The number of hydrogen-bond donors (Lipinski definition) is 2. The average molecular weight is 247 g/mol. The maximum absolute atomic E-state index is 5.47. The number of benzene rings is 1. The molecule has 0 aliphatic rings. The van der Waals surface area contributed by atoms with Gasteiger partial charge < -0.3 is 20.5 Å². The zero-order valence-corrected chi connectivity index (χ0v) is 10.0. The van der Waals surface area contributed by atoms with Crippen LogP contribution in [0, 0.1) is 0 Å². The van der Waals surface area contributed by atoms with E-state index in [1.54, 1.807) is 32.4 Å². The van der Waals surface area contributed by atoms with Crippen molar-refractivity contribution >= 4 is 17.6 Å². The first-order chi connectivity index (χ1) is 8.72. The predicted octanol–water partition coefficient (Wildman–Crippen LogP) is 1.21. The first-order valence-electron chi connectivity index (χ1n) is 5.16. The smallest absolute Gasteiger partial charge is 0.232 e. The third-order valence-corrected chi connectivity index (χ3v) is 2.25. The summed E-state index contributed by atoms with van der Waals surface area (Å²) in [6, 6.07) is 5.36. The van der Waals surface area contributed by atoms with Gasteiger partial charge in [-0.3, -0.25) is 0 Å². The van der Waals surface area contributed by atoms with E-state index in [0.29, 0.717) is 23.1 Å². The Morgan fingerprint density at radius 2 is 2.00 bits per heavy atom. The maximum Gasteiger partial charge on any atom is 0.232 e. The van der Waals surface area contributed by atoms with Gasteiger partial charge in [-0.2, -0.15) is 4.98 Å². The number of nitrogen functional groups attached to an aromatic ring is 1. The molecule has 0 fully saturated rings. The number of nitrogens with zero attached hydrogens (tertiary/aromatic N) is 3. The van der Waals surface area contributed by atoms with Gasteiger partial charge in [0.15, 0.2) is 0 Å². The van der Waals surface area contributed by atoms with E-state index in [1.807, 2.05) is 0 Å². The van der Waals surface area contributed by atoms with Crippen molar-refractivity contribution in [3.63, 3.8) is 0 Å². The lowest BCUT2D eigenvalue weighted by Gasteiger charge is -2.11. The highest BCUT2D eigenvalue weighted by Gasteiger charge is 2.06. The molecule has 0 bridgehead atoms. The average Bonchev–Trinajstić information content (AvgIpc) is 2.39. The van der Waals surface area contributed by atoms with Gasteiger partial charge in [0.2, 0.25) is 11.9 Å². The van der Waals surface area contributed by atoms with Crippen LogP contribution >= 0.6 is 0 Å². The lowest BCUT2D eigenvalue weighted by molar-refractivity contribution is 0.395. The molecule has 0 unspecified atom stereocenters. The van der Waals surface area contributed by atoms with Crippen molar-refractivity contribution in [2.75, 3.05) is 25.3 Å². The minimum absolute atomic E-state index is 0.153. The van der Waals surface area contributed by atoms with Crippen molar-refractivity contribution in [2.45, 2.75) is 0 Å². The Morgan fingerprint density at radius 1 is 1.17 bits per heavy atom. The second-order valence-corrected chi connectivity index (χ2v) is 3.36. The number of methoxy groups -OCH3 is 2. The summed E-state index contributed by atoms with van der Waals surface area (Å²) in [4.78, 5) is 11.6. The molecule has 1 aromatic carbocycles. The quantitative estimate of drug-likeness (QED) is 0.838. The van der Waals surface area contributed by atoms with Crippen LogP contribution in [0.5, 0.6) is 11.5 Å². The Bertz CT molecular complexity index is 547. The fourth-order valence-electron chi connectivity index (χ4n) is 1.39. The van der Waals surface area contributed by atoms with E-state index in [4.69, 9.17) is 15.2 Å². The molecular weight excluding hydrogens is 234 g/mol. The van der Waals surface area contributed by atoms with Gasteiger partial charge in [-0.25, -0.2) is 9.97 Å². The standard InChI is InChI=1S/C11H13N5O2/c1-17-7-3-4-8(9(5-7)18-2)15-11-14-6-13-10(12)16-11/h3-6H,1-2H3,(H3,12,13,14,15,16). The number of nitrogens with two attached hydrogens (primary N) is 1. The minimum atomic E-state index is 0.153. The van der Waals surface area contributed by atoms with Crippen molar-refractivity contribution in [1.82, 2.24) is 15.0 Å². The zero-order valence-electron chi connectivity index (χ0n) is 10.0. The lowest BCUT2D eigenvalue weighted by atomic mass is 10.2. The van der Waals surface area contributed by atoms with E-state index >= 15 is 0 Å². The van der Waals surface area contributed by atoms with Crippen LogP contribution in [0.2, 0.25) is 0 Å². The molecule has 0 radical (unpaired) electrons. The Hall–Kier alpha value is -2.57. The molecule has 3 N–H and O–H groups in total. The van der Waals surface area contributed by atoms with Crippen LogP contribution in [0.1, 0.15) is 0 Å². The third-order valence-electron chi connectivity index (χ3n) is 2.25. The van der Waals surface area contributed by atoms with E-state index in [2.05, 4.69) is 20.3 Å². The van der Waals surface area contributed by atoms with Gasteiger partial charge >= 0.3 is 0 Å². The molecule has 1 aromatic heterocycles. The van der Waals surface area contributed by atoms with Crippen LogP contribution in [-0.4, -0.2) is 29.2 Å². The molecule has 7 nitrogen and oxygen atoms in total. The van der Waals surface area contributed by atoms with Gasteiger partial charge in [-0.1, -0.05) is 0 Å². The molecule has 0 spiro atoms. The van der Waals surface area contributed by atoms with Gasteiger partial charge in [0.25, 0.3) is 0 Å². The molecular formula is C11H13N5O2. The summed E-state index contributed by atoms with van der Waals surface area (Å²) in [6.07, 6.45) is 1.33. The van der Waals surface area contributed by atoms with Gasteiger partial charge in [-0.15, -0.1) is 0 Å². The van der Waals surface area contributed by atoms with Crippen LogP contribution in [0.4, 0.5) is 17.6 Å². The second kappa shape index (κ2) is 5.17. The summed E-state index contributed by atoms with van der Waals surface area (Å²) >= 11 is 0. The molecule has 0 saturated heterocycles. The highest BCUT2D eigenvalue weighted by Crippen LogP contribution is 2.30. The van der Waals surface area contributed by atoms with Crippen molar-refractivity contribution in [3.05, 3.63) is 24.5 Å². The first-order valence-corrected chi connectivity index (χ1v) is 5.16. The molecule has 94 valence electrons. The summed E-state index contributed by atoms with van der Waals surface area (Å²) < 4.78 is 10.4. The van der Waals surface area contributed by atoms with E-state index in [0.717, 1.165) is 0 Å². The van der Waals surface area contributed by atoms with E-state index < -0.39 is 0 Å². The SMILES string of the molecule is COc1ccc(Nc2ncnc(N)n2)c(OC)c1. The fourth-order valence-corrected chi connectivity index (χ4v) is 1.39. The van der Waals surface area contributed by atoms with Gasteiger partial charge in [0, 0.05) is 6.07 Å². The molecule has 0 saturated carbocycles. The number of ether oxygens (including phenoxy) is 2. The monoisotopic (exact) mass is 247 g/mol. The molecule has 0 aliphatic carbocycles. The van der Waals surface area contributed by atoms with E-state index in [1.165, 1.54) is 6.33 Å². The van der Waals surface area contributed by atoms with Crippen molar-refractivity contribution in [2.24, 2.45) is 0 Å². The van der Waals surface area contributed by atoms with E-state index in [-0.39, 0.29) is 5.95 Å². The first kappa shape index (κ1) is 11.9. The summed E-state index contributed by atoms with van der Waals surface area (Å²) in [6.45, 7) is 0. The predicted molar refractivity (Wildman–Crippen MR) is 67.1 cm³/mol. The molecule has 1 heterocycles. The molecule has 7 heteroatoms. The number of rotatable bonds is 4. The maximum atomic E-state index is 5.47.